The summed E-state index contributed by atoms with van der Waals surface area (Å²) in [7, 11) is -4.04. The van der Waals surface area contributed by atoms with Crippen molar-refractivity contribution >= 4 is 33.3 Å². The van der Waals surface area contributed by atoms with Crippen LogP contribution in [-0.2, 0) is 14.8 Å². The highest BCUT2D eigenvalue weighted by Crippen LogP contribution is 2.42. The average Bonchev–Trinajstić information content (AvgIpc) is 2.79. The molecule has 0 saturated carbocycles. The van der Waals surface area contributed by atoms with E-state index in [0.717, 1.165) is 5.56 Å². The first kappa shape index (κ1) is 25.0. The third kappa shape index (κ3) is 4.86. The molecule has 0 saturated heterocycles. The maximum Gasteiger partial charge on any atom is 0.309 e. The summed E-state index contributed by atoms with van der Waals surface area (Å²) in [6.07, 6.45) is -0.617. The predicted molar refractivity (Wildman–Crippen MR) is 133 cm³/mol. The van der Waals surface area contributed by atoms with Crippen LogP contribution in [0.2, 0.25) is 5.02 Å². The molecule has 0 spiro atoms. The van der Waals surface area contributed by atoms with Gasteiger partial charge in [-0.05, 0) is 62.2 Å². The van der Waals surface area contributed by atoms with Crippen LogP contribution in [0.1, 0.15) is 25.8 Å². The standard InChI is InChI=1S/C26H25ClFNO5S/c1-16-6-4-7-19(12-16)35(32,33)29-15-18(14-26(2,3)25(30)31)34-23-11-10-17(13-22(23)29)20-8-5-9-21(27)24(20)28/h4-13,18H,14-15H2,1-3H3,(H,30,31)/t18-/m0/s1. The summed E-state index contributed by atoms with van der Waals surface area (Å²) < 4.78 is 49.6. The number of benzene rings is 3. The predicted octanol–water partition coefficient (Wildman–Crippen LogP) is 5.91. The molecule has 0 aliphatic carbocycles. The van der Waals surface area contributed by atoms with Gasteiger partial charge in [-0.2, -0.15) is 0 Å². The first-order valence-electron chi connectivity index (χ1n) is 11.0. The lowest BCUT2D eigenvalue weighted by molar-refractivity contribution is -0.148. The van der Waals surface area contributed by atoms with Crippen molar-refractivity contribution in [2.75, 3.05) is 10.8 Å². The smallest absolute Gasteiger partial charge is 0.309 e. The van der Waals surface area contributed by atoms with Gasteiger partial charge in [0.2, 0.25) is 0 Å². The highest BCUT2D eigenvalue weighted by atomic mass is 35.5. The molecule has 1 aliphatic rings. The molecule has 0 aromatic heterocycles. The van der Waals surface area contributed by atoms with Gasteiger partial charge in [0.15, 0.2) is 0 Å². The number of halogens is 2. The zero-order valence-corrected chi connectivity index (χ0v) is 21.0. The Morgan fingerprint density at radius 2 is 1.89 bits per heavy atom. The number of anilines is 1. The molecular weight excluding hydrogens is 493 g/mol. The Balaban J connectivity index is 1.84. The van der Waals surface area contributed by atoms with Crippen LogP contribution in [0.4, 0.5) is 10.1 Å². The first-order chi connectivity index (χ1) is 16.4. The number of ether oxygens (including phenoxy) is 1. The van der Waals surface area contributed by atoms with Crippen LogP contribution in [-0.4, -0.2) is 32.1 Å². The van der Waals surface area contributed by atoms with Crippen molar-refractivity contribution in [3.63, 3.8) is 0 Å². The number of carbonyl (C=O) groups is 1. The summed E-state index contributed by atoms with van der Waals surface area (Å²) in [6.45, 7) is 4.84. The summed E-state index contributed by atoms with van der Waals surface area (Å²) in [6, 6.07) is 15.9. The average molecular weight is 518 g/mol. The molecule has 0 unspecified atom stereocenters. The lowest BCUT2D eigenvalue weighted by atomic mass is 9.86. The van der Waals surface area contributed by atoms with Crippen molar-refractivity contribution in [1.82, 2.24) is 0 Å². The largest absolute Gasteiger partial charge is 0.486 e. The molecule has 0 bridgehead atoms. The van der Waals surface area contributed by atoms with Gasteiger partial charge in [0, 0.05) is 12.0 Å². The molecule has 35 heavy (non-hydrogen) atoms. The molecule has 3 aromatic carbocycles. The van der Waals surface area contributed by atoms with Gasteiger partial charge in [-0.25, -0.2) is 12.8 Å². The summed E-state index contributed by atoms with van der Waals surface area (Å²) in [4.78, 5) is 11.8. The summed E-state index contributed by atoms with van der Waals surface area (Å²) >= 11 is 5.96. The highest BCUT2D eigenvalue weighted by molar-refractivity contribution is 7.92. The van der Waals surface area contributed by atoms with Gasteiger partial charge < -0.3 is 9.84 Å². The number of aliphatic carboxylic acids is 1. The second kappa shape index (κ2) is 9.17. The number of nitrogens with zero attached hydrogens (tertiary/aromatic N) is 1. The van der Waals surface area contributed by atoms with E-state index < -0.39 is 33.3 Å². The molecule has 0 amide bonds. The third-order valence-electron chi connectivity index (χ3n) is 6.05. The van der Waals surface area contributed by atoms with Gasteiger partial charge in [-0.1, -0.05) is 41.9 Å². The molecule has 6 nitrogen and oxygen atoms in total. The van der Waals surface area contributed by atoms with Gasteiger partial charge in [0.05, 0.1) is 27.6 Å². The zero-order valence-electron chi connectivity index (χ0n) is 19.5. The molecule has 1 N–H and O–H groups in total. The Bertz CT molecular complexity index is 1410. The monoisotopic (exact) mass is 517 g/mol. The van der Waals surface area contributed by atoms with E-state index >= 15 is 0 Å². The molecule has 3 aromatic rings. The fourth-order valence-corrected chi connectivity index (χ4v) is 5.88. The van der Waals surface area contributed by atoms with E-state index in [4.69, 9.17) is 16.3 Å². The number of carboxylic acid groups (broad SMARTS) is 1. The maximum absolute atomic E-state index is 14.7. The number of sulfonamides is 1. The number of hydrogen-bond donors (Lipinski definition) is 1. The SMILES string of the molecule is Cc1cccc(S(=O)(=O)N2C[C@H](CC(C)(C)C(=O)O)Oc3ccc(-c4cccc(Cl)c4F)cc32)c1. The molecule has 4 rings (SSSR count). The molecule has 9 heteroatoms. The van der Waals surface area contributed by atoms with E-state index in [1.54, 1.807) is 69.3 Å². The van der Waals surface area contributed by atoms with Crippen molar-refractivity contribution in [2.45, 2.75) is 38.2 Å². The van der Waals surface area contributed by atoms with E-state index in [2.05, 4.69) is 0 Å². The fourth-order valence-electron chi connectivity index (χ4n) is 4.10. The normalized spacial score (nSPS) is 15.9. The maximum atomic E-state index is 14.7. The van der Waals surface area contributed by atoms with E-state index in [1.165, 1.54) is 16.4 Å². The van der Waals surface area contributed by atoms with Crippen LogP contribution in [0, 0.1) is 18.2 Å². The zero-order chi connectivity index (χ0) is 25.5. The Morgan fingerprint density at radius 3 is 2.57 bits per heavy atom. The third-order valence-corrected chi connectivity index (χ3v) is 8.12. The molecule has 0 fully saturated rings. The Labute approximate surface area is 209 Å². The number of fused-ring (bicyclic) bond motifs is 1. The van der Waals surface area contributed by atoms with Crippen LogP contribution < -0.4 is 9.04 Å². The highest BCUT2D eigenvalue weighted by Gasteiger charge is 2.39. The van der Waals surface area contributed by atoms with E-state index in [-0.39, 0.29) is 39.9 Å². The fraction of sp³-hybridized carbons (Fsp3) is 0.269. The molecule has 0 radical (unpaired) electrons. The molecular formula is C26H25ClFNO5S. The van der Waals surface area contributed by atoms with Gasteiger partial charge in [-0.15, -0.1) is 0 Å². The van der Waals surface area contributed by atoms with Crippen molar-refractivity contribution in [1.29, 1.82) is 0 Å². The Hall–Kier alpha value is -3.10. The van der Waals surface area contributed by atoms with Crippen LogP contribution >= 0.6 is 11.6 Å². The minimum atomic E-state index is -4.04. The van der Waals surface area contributed by atoms with Crippen molar-refractivity contribution < 1.29 is 27.4 Å². The summed E-state index contributed by atoms with van der Waals surface area (Å²) in [5.74, 6) is -1.35. The number of hydrogen-bond acceptors (Lipinski definition) is 4. The van der Waals surface area contributed by atoms with E-state index in [1.807, 2.05) is 0 Å². The summed E-state index contributed by atoms with van der Waals surface area (Å²) in [5.41, 5.74) is 0.541. The van der Waals surface area contributed by atoms with Crippen LogP contribution in [0.15, 0.2) is 65.6 Å². The molecule has 184 valence electrons. The minimum Gasteiger partial charge on any atom is -0.486 e. The van der Waals surface area contributed by atoms with Crippen LogP contribution in [0.3, 0.4) is 0 Å². The van der Waals surface area contributed by atoms with Crippen LogP contribution in [0.25, 0.3) is 11.1 Å². The lowest BCUT2D eigenvalue weighted by Gasteiger charge is -2.38. The topological polar surface area (TPSA) is 83.9 Å². The van der Waals surface area contributed by atoms with Gasteiger partial charge >= 0.3 is 5.97 Å². The molecule has 1 aliphatic heterocycles. The number of carboxylic acids is 1. The summed E-state index contributed by atoms with van der Waals surface area (Å²) in [5, 5.41) is 9.53. The van der Waals surface area contributed by atoms with Gasteiger partial charge in [0.25, 0.3) is 10.0 Å². The van der Waals surface area contributed by atoms with E-state index in [9.17, 15) is 22.7 Å². The second-order valence-electron chi connectivity index (χ2n) is 9.27. The van der Waals surface area contributed by atoms with Crippen LogP contribution in [0.5, 0.6) is 5.75 Å². The quantitative estimate of drug-likeness (QED) is 0.439. The van der Waals surface area contributed by atoms with Crippen molar-refractivity contribution in [3.8, 4) is 16.9 Å². The van der Waals surface area contributed by atoms with Gasteiger partial charge in [0.1, 0.15) is 17.7 Å². The molecule has 1 heterocycles. The number of rotatable bonds is 6. The lowest BCUT2D eigenvalue weighted by Crippen LogP contribution is -2.46. The molecule has 1 atom stereocenters. The van der Waals surface area contributed by atoms with Crippen molar-refractivity contribution in [3.05, 3.63) is 77.1 Å². The second-order valence-corrected chi connectivity index (χ2v) is 11.5. The first-order valence-corrected chi connectivity index (χ1v) is 12.8. The number of aryl methyl sites for hydroxylation is 1. The Kier molecular flexibility index (Phi) is 6.55. The van der Waals surface area contributed by atoms with Crippen molar-refractivity contribution in [2.24, 2.45) is 5.41 Å². The van der Waals surface area contributed by atoms with Gasteiger partial charge in [-0.3, -0.25) is 9.10 Å². The van der Waals surface area contributed by atoms with E-state index in [0.29, 0.717) is 5.56 Å². The minimum absolute atomic E-state index is 0.0447. The Morgan fingerprint density at radius 1 is 1.17 bits per heavy atom.